The van der Waals surface area contributed by atoms with Crippen LogP contribution in [0.5, 0.6) is 0 Å². The average molecular weight is 494 g/mol. The molecular weight excluding hydrogens is 466 g/mol. The largest absolute Gasteiger partial charge is 0.337 e. The normalized spacial score (nSPS) is 11.4. The van der Waals surface area contributed by atoms with Gasteiger partial charge in [0.1, 0.15) is 0 Å². The number of hydrogen-bond donors (Lipinski definition) is 2. The van der Waals surface area contributed by atoms with Crippen LogP contribution in [0.2, 0.25) is 0 Å². The Morgan fingerprint density at radius 2 is 1.69 bits per heavy atom. The molecule has 0 saturated carbocycles. The summed E-state index contributed by atoms with van der Waals surface area (Å²) in [5, 5.41) is 11.0. The van der Waals surface area contributed by atoms with Gasteiger partial charge >= 0.3 is 0 Å². The molecule has 0 aliphatic rings. The first-order valence-electron chi connectivity index (χ1n) is 11.1. The van der Waals surface area contributed by atoms with Gasteiger partial charge in [0.15, 0.2) is 0 Å². The summed E-state index contributed by atoms with van der Waals surface area (Å²) in [6.45, 7) is 7.42. The molecule has 2 aromatic heterocycles. The number of carbonyl (C=O) groups excluding carboxylic acids is 1. The van der Waals surface area contributed by atoms with Gasteiger partial charge in [-0.1, -0.05) is 17.3 Å². The number of aryl methyl sites for hydroxylation is 4. The molecule has 0 bridgehead atoms. The van der Waals surface area contributed by atoms with E-state index < -0.39 is 10.0 Å². The van der Waals surface area contributed by atoms with E-state index in [9.17, 15) is 13.2 Å². The number of anilines is 2. The van der Waals surface area contributed by atoms with Crippen LogP contribution in [-0.2, 0) is 21.2 Å². The highest BCUT2D eigenvalue weighted by Crippen LogP contribution is 2.23. The van der Waals surface area contributed by atoms with E-state index in [2.05, 4.69) is 20.3 Å². The van der Waals surface area contributed by atoms with Gasteiger partial charge in [0.2, 0.25) is 11.8 Å². The van der Waals surface area contributed by atoms with E-state index in [1.165, 1.54) is 12.1 Å². The predicted octanol–water partition coefficient (Wildman–Crippen LogP) is 4.47. The second kappa shape index (κ2) is 9.75. The van der Waals surface area contributed by atoms with Gasteiger partial charge in [-0.05, 0) is 82.1 Å². The lowest BCUT2D eigenvalue weighted by atomic mass is 10.1. The van der Waals surface area contributed by atoms with E-state index in [-0.39, 0.29) is 16.7 Å². The number of nitrogens with zero attached hydrogens (tertiary/aromatic N) is 3. The number of carbonyl (C=O) groups is 1. The van der Waals surface area contributed by atoms with E-state index in [1.807, 2.05) is 48.9 Å². The monoisotopic (exact) mass is 493 g/mol. The van der Waals surface area contributed by atoms with Gasteiger partial charge in [0.05, 0.1) is 22.0 Å². The van der Waals surface area contributed by atoms with Crippen LogP contribution in [0, 0.1) is 27.7 Å². The van der Waals surface area contributed by atoms with Crippen LogP contribution < -0.4 is 10.0 Å². The maximum absolute atomic E-state index is 12.6. The third-order valence-corrected chi connectivity index (χ3v) is 7.01. The molecule has 2 heterocycles. The molecule has 10 heteroatoms. The van der Waals surface area contributed by atoms with E-state index in [0.717, 1.165) is 22.6 Å². The van der Waals surface area contributed by atoms with Crippen molar-refractivity contribution in [3.05, 3.63) is 82.8 Å². The Balaban J connectivity index is 1.32. The Morgan fingerprint density at radius 3 is 2.26 bits per heavy atom. The van der Waals surface area contributed by atoms with Gasteiger partial charge in [-0.15, -0.1) is 0 Å². The number of benzene rings is 2. The zero-order valence-electron chi connectivity index (χ0n) is 20.0. The van der Waals surface area contributed by atoms with Gasteiger partial charge in [-0.3, -0.25) is 4.79 Å². The predicted molar refractivity (Wildman–Crippen MR) is 133 cm³/mol. The third-order valence-electron chi connectivity index (χ3n) is 5.66. The third kappa shape index (κ3) is 5.60. The second-order valence-electron chi connectivity index (χ2n) is 8.41. The fourth-order valence-electron chi connectivity index (χ4n) is 3.58. The first kappa shape index (κ1) is 24.2. The summed E-state index contributed by atoms with van der Waals surface area (Å²) in [5.41, 5.74) is 5.79. The van der Waals surface area contributed by atoms with Crippen molar-refractivity contribution in [1.29, 1.82) is 0 Å². The van der Waals surface area contributed by atoms with Crippen molar-refractivity contribution in [3.8, 4) is 5.69 Å². The lowest BCUT2D eigenvalue weighted by molar-refractivity contribution is -0.116. The van der Waals surface area contributed by atoms with Gasteiger partial charge in [0.25, 0.3) is 10.0 Å². The summed E-state index contributed by atoms with van der Waals surface area (Å²) in [6, 6.07) is 15.9. The Kier molecular flexibility index (Phi) is 6.74. The number of nitrogens with one attached hydrogen (secondary N) is 2. The minimum absolute atomic E-state index is 0.0478. The Bertz CT molecular complexity index is 1450. The zero-order chi connectivity index (χ0) is 25.2. The fraction of sp³-hybridized carbons (Fsp3) is 0.240. The van der Waals surface area contributed by atoms with Crippen molar-refractivity contribution < 1.29 is 17.7 Å². The minimum Gasteiger partial charge on any atom is -0.337 e. The molecule has 0 radical (unpaired) electrons. The molecule has 4 rings (SSSR count). The minimum atomic E-state index is -3.84. The van der Waals surface area contributed by atoms with Gasteiger partial charge in [-0.2, -0.15) is 5.10 Å². The van der Waals surface area contributed by atoms with Crippen LogP contribution in [0.3, 0.4) is 0 Å². The van der Waals surface area contributed by atoms with Gasteiger partial charge < -0.3 is 9.84 Å². The summed E-state index contributed by atoms with van der Waals surface area (Å²) in [7, 11) is -3.84. The Labute approximate surface area is 204 Å². The molecule has 2 aromatic carbocycles. The smallest absolute Gasteiger partial charge is 0.264 e. The summed E-state index contributed by atoms with van der Waals surface area (Å²) < 4.78 is 34.5. The summed E-state index contributed by atoms with van der Waals surface area (Å²) in [5.74, 6) is -0.0723. The highest BCUT2D eigenvalue weighted by molar-refractivity contribution is 7.92. The number of aromatic nitrogens is 3. The van der Waals surface area contributed by atoms with Crippen LogP contribution >= 0.6 is 0 Å². The SMILES string of the molecule is Cc1cc(C)n(-c2ccc(CCC(=O)Nc3ccc(S(=O)(=O)Nc4onc(C)c4C)cc3)cc2)n1. The highest BCUT2D eigenvalue weighted by Gasteiger charge is 2.19. The molecular formula is C25H27N5O4S. The molecule has 2 N–H and O–H groups in total. The molecule has 0 aliphatic heterocycles. The van der Waals surface area contributed by atoms with Gasteiger partial charge in [0, 0.05) is 23.4 Å². The molecule has 0 spiro atoms. The van der Waals surface area contributed by atoms with Crippen molar-refractivity contribution in [3.63, 3.8) is 0 Å². The summed E-state index contributed by atoms with van der Waals surface area (Å²) in [4.78, 5) is 12.5. The molecule has 182 valence electrons. The topological polar surface area (TPSA) is 119 Å². The first-order chi connectivity index (χ1) is 16.6. The zero-order valence-corrected chi connectivity index (χ0v) is 20.8. The first-order valence-corrected chi connectivity index (χ1v) is 12.6. The van der Waals surface area contributed by atoms with Crippen molar-refractivity contribution in [1.82, 2.24) is 14.9 Å². The summed E-state index contributed by atoms with van der Waals surface area (Å²) in [6.07, 6.45) is 0.876. The van der Waals surface area contributed by atoms with Crippen LogP contribution in [0.4, 0.5) is 11.6 Å². The van der Waals surface area contributed by atoms with Crippen molar-refractivity contribution >= 4 is 27.5 Å². The standard InChI is InChI=1S/C25H27N5O4S/c1-16-15-17(2)30(27-16)22-10-5-20(6-11-22)7-14-24(31)26-21-8-12-23(13-9-21)35(32,33)29-25-18(3)19(4)28-34-25/h5-6,8-13,15,29H,7,14H2,1-4H3,(H,26,31). The molecule has 0 unspecified atom stereocenters. The Hall–Kier alpha value is -3.92. The number of hydrogen-bond acceptors (Lipinski definition) is 6. The molecule has 35 heavy (non-hydrogen) atoms. The summed E-state index contributed by atoms with van der Waals surface area (Å²) >= 11 is 0. The van der Waals surface area contributed by atoms with Crippen LogP contribution in [0.15, 0.2) is 64.0 Å². The molecule has 9 nitrogen and oxygen atoms in total. The lowest BCUT2D eigenvalue weighted by Gasteiger charge is -2.09. The van der Waals surface area contributed by atoms with Crippen molar-refractivity contribution in [2.75, 3.05) is 10.0 Å². The number of rotatable bonds is 8. The van der Waals surface area contributed by atoms with E-state index in [1.54, 1.807) is 26.0 Å². The molecule has 4 aromatic rings. The maximum atomic E-state index is 12.6. The van der Waals surface area contributed by atoms with Crippen LogP contribution in [-0.4, -0.2) is 29.3 Å². The second-order valence-corrected chi connectivity index (χ2v) is 10.1. The van der Waals surface area contributed by atoms with Crippen molar-refractivity contribution in [2.45, 2.75) is 45.4 Å². The number of amides is 1. The van der Waals surface area contributed by atoms with Crippen LogP contribution in [0.25, 0.3) is 5.69 Å². The number of sulfonamides is 1. The molecule has 0 atom stereocenters. The Morgan fingerprint density at radius 1 is 1.00 bits per heavy atom. The van der Waals surface area contributed by atoms with E-state index >= 15 is 0 Å². The van der Waals surface area contributed by atoms with E-state index in [4.69, 9.17) is 4.52 Å². The molecule has 1 amide bonds. The lowest BCUT2D eigenvalue weighted by Crippen LogP contribution is -2.14. The quantitative estimate of drug-likeness (QED) is 0.374. The molecule has 0 fully saturated rings. The fourth-order valence-corrected chi connectivity index (χ4v) is 4.63. The molecule has 0 saturated heterocycles. The average Bonchev–Trinajstić information content (AvgIpc) is 3.33. The molecule has 0 aliphatic carbocycles. The van der Waals surface area contributed by atoms with Crippen molar-refractivity contribution in [2.24, 2.45) is 0 Å². The van der Waals surface area contributed by atoms with Crippen LogP contribution in [0.1, 0.15) is 34.6 Å². The maximum Gasteiger partial charge on any atom is 0.264 e. The highest BCUT2D eigenvalue weighted by atomic mass is 32.2. The van der Waals surface area contributed by atoms with Gasteiger partial charge in [-0.25, -0.2) is 17.8 Å². The van der Waals surface area contributed by atoms with E-state index in [0.29, 0.717) is 29.8 Å².